The van der Waals surface area contributed by atoms with Crippen molar-refractivity contribution in [3.05, 3.63) is 48.2 Å². The van der Waals surface area contributed by atoms with Crippen LogP contribution in [-0.2, 0) is 20.8 Å². The normalized spacial score (nSPS) is 20.0. The SMILES string of the molecule is C[C@@H](CC(=O)N1C(=O)[C@H](Cc2ccnc(N)c2)[C@H]1C(=O)O)c1cnccn1. The fraction of sp³-hybridized carbons (Fsp3) is 0.333. The van der Waals surface area contributed by atoms with E-state index in [0.717, 1.165) is 4.90 Å². The molecular weight excluding hydrogens is 350 g/mol. The molecule has 0 radical (unpaired) electrons. The van der Waals surface area contributed by atoms with Gasteiger partial charge in [-0.1, -0.05) is 6.92 Å². The first kappa shape index (κ1) is 18.4. The highest BCUT2D eigenvalue weighted by molar-refractivity contribution is 6.08. The van der Waals surface area contributed by atoms with Crippen molar-refractivity contribution in [3.8, 4) is 0 Å². The summed E-state index contributed by atoms with van der Waals surface area (Å²) in [6.07, 6.45) is 6.24. The molecule has 2 aromatic heterocycles. The molecule has 0 bridgehead atoms. The number of carboxylic acids is 1. The number of aliphatic carboxylic acids is 1. The number of carboxylic acid groups (broad SMARTS) is 1. The van der Waals surface area contributed by atoms with Crippen molar-refractivity contribution in [1.82, 2.24) is 19.9 Å². The number of β-lactam (4-membered cyclic amide) rings is 1. The van der Waals surface area contributed by atoms with Crippen LogP contribution in [0.4, 0.5) is 5.82 Å². The molecule has 3 heterocycles. The fourth-order valence-corrected chi connectivity index (χ4v) is 3.21. The van der Waals surface area contributed by atoms with Gasteiger partial charge in [-0.2, -0.15) is 0 Å². The monoisotopic (exact) mass is 369 g/mol. The van der Waals surface area contributed by atoms with Crippen LogP contribution < -0.4 is 5.73 Å². The number of nitrogen functional groups attached to an aromatic ring is 1. The van der Waals surface area contributed by atoms with Crippen molar-refractivity contribution in [1.29, 1.82) is 0 Å². The predicted octanol–water partition coefficient (Wildman–Crippen LogP) is 0.628. The molecular formula is C18H19N5O4. The van der Waals surface area contributed by atoms with Crippen LogP contribution in [0, 0.1) is 5.92 Å². The summed E-state index contributed by atoms with van der Waals surface area (Å²) in [5.41, 5.74) is 6.93. The standard InChI is InChI=1S/C18H19N5O4/c1-10(13-9-20-4-5-21-13)6-15(24)23-16(18(26)27)12(17(23)25)7-11-2-3-22-14(19)8-11/h2-5,8-10,12,16H,6-7H2,1H3,(H2,19,22)(H,26,27)/t10-,12+,16-/m0/s1. The molecule has 140 valence electrons. The van der Waals surface area contributed by atoms with Crippen LogP contribution in [0.15, 0.2) is 36.9 Å². The Hall–Kier alpha value is -3.36. The number of pyridine rings is 1. The molecule has 3 N–H and O–H groups in total. The van der Waals surface area contributed by atoms with Crippen molar-refractivity contribution in [3.63, 3.8) is 0 Å². The summed E-state index contributed by atoms with van der Waals surface area (Å²) in [6.45, 7) is 1.78. The van der Waals surface area contributed by atoms with E-state index < -0.39 is 29.7 Å². The third-order valence-corrected chi connectivity index (χ3v) is 4.61. The lowest BCUT2D eigenvalue weighted by Gasteiger charge is -2.43. The summed E-state index contributed by atoms with van der Waals surface area (Å²) in [7, 11) is 0. The number of aromatic nitrogens is 3. The Balaban J connectivity index is 1.71. The highest BCUT2D eigenvalue weighted by Crippen LogP contribution is 2.32. The second-order valence-corrected chi connectivity index (χ2v) is 6.52. The number of imide groups is 1. The van der Waals surface area contributed by atoms with Crippen LogP contribution >= 0.6 is 0 Å². The topological polar surface area (TPSA) is 139 Å². The van der Waals surface area contributed by atoms with Gasteiger partial charge in [0.05, 0.1) is 11.6 Å². The van der Waals surface area contributed by atoms with Crippen LogP contribution in [0.1, 0.15) is 30.5 Å². The summed E-state index contributed by atoms with van der Waals surface area (Å²) in [5, 5.41) is 9.52. The fourth-order valence-electron chi connectivity index (χ4n) is 3.21. The highest BCUT2D eigenvalue weighted by Gasteiger charge is 2.54. The van der Waals surface area contributed by atoms with Gasteiger partial charge in [0.1, 0.15) is 11.9 Å². The average molecular weight is 369 g/mol. The van der Waals surface area contributed by atoms with Crippen LogP contribution in [0.5, 0.6) is 0 Å². The molecule has 9 nitrogen and oxygen atoms in total. The molecule has 0 spiro atoms. The minimum Gasteiger partial charge on any atom is -0.480 e. The first-order valence-electron chi connectivity index (χ1n) is 8.43. The maximum atomic E-state index is 12.6. The Morgan fingerprint density at radius 1 is 1.30 bits per heavy atom. The zero-order chi connectivity index (χ0) is 19.6. The molecule has 2 aromatic rings. The number of hydrogen-bond acceptors (Lipinski definition) is 7. The van der Waals surface area contributed by atoms with Crippen molar-refractivity contribution < 1.29 is 19.5 Å². The first-order valence-corrected chi connectivity index (χ1v) is 8.43. The summed E-state index contributed by atoms with van der Waals surface area (Å²) in [4.78, 5) is 49.5. The van der Waals surface area contributed by atoms with E-state index in [4.69, 9.17) is 5.73 Å². The van der Waals surface area contributed by atoms with Gasteiger partial charge in [-0.25, -0.2) is 9.78 Å². The first-order chi connectivity index (χ1) is 12.9. The zero-order valence-electron chi connectivity index (χ0n) is 14.6. The Bertz CT molecular complexity index is 873. The quantitative estimate of drug-likeness (QED) is 0.707. The molecule has 3 atom stereocenters. The Morgan fingerprint density at radius 2 is 2.07 bits per heavy atom. The van der Waals surface area contributed by atoms with Crippen LogP contribution in [-0.4, -0.2) is 48.8 Å². The van der Waals surface area contributed by atoms with Crippen LogP contribution in [0.25, 0.3) is 0 Å². The van der Waals surface area contributed by atoms with Crippen LogP contribution in [0.2, 0.25) is 0 Å². The minimum absolute atomic E-state index is 0.0247. The van der Waals surface area contributed by atoms with E-state index in [-0.39, 0.29) is 24.6 Å². The number of carbonyl (C=O) groups is 3. The number of rotatable bonds is 6. The molecule has 0 unspecified atom stereocenters. The minimum atomic E-state index is -1.21. The number of likely N-dealkylation sites (tertiary alicyclic amines) is 1. The third kappa shape index (κ3) is 3.76. The zero-order valence-corrected chi connectivity index (χ0v) is 14.6. The Kier molecular flexibility index (Phi) is 5.11. The lowest BCUT2D eigenvalue weighted by atomic mass is 9.81. The van der Waals surface area contributed by atoms with Gasteiger partial charge in [-0.05, 0) is 24.1 Å². The summed E-state index contributed by atoms with van der Waals surface area (Å²) < 4.78 is 0. The smallest absolute Gasteiger partial charge is 0.327 e. The number of carbonyl (C=O) groups excluding carboxylic acids is 2. The van der Waals surface area contributed by atoms with E-state index in [0.29, 0.717) is 11.3 Å². The van der Waals surface area contributed by atoms with E-state index in [2.05, 4.69) is 15.0 Å². The second kappa shape index (κ2) is 7.48. The number of hydrogen-bond donors (Lipinski definition) is 2. The number of nitrogens with zero attached hydrogens (tertiary/aromatic N) is 4. The molecule has 9 heteroatoms. The van der Waals surface area contributed by atoms with Gasteiger partial charge in [0.2, 0.25) is 11.8 Å². The maximum Gasteiger partial charge on any atom is 0.327 e. The van der Waals surface area contributed by atoms with E-state index in [9.17, 15) is 19.5 Å². The molecule has 1 aliphatic rings. The molecule has 27 heavy (non-hydrogen) atoms. The van der Waals surface area contributed by atoms with E-state index >= 15 is 0 Å². The molecule has 3 rings (SSSR count). The van der Waals surface area contributed by atoms with Gasteiger partial charge in [0.15, 0.2) is 0 Å². The summed E-state index contributed by atoms with van der Waals surface area (Å²) in [5.74, 6) is -3.03. The number of anilines is 1. The average Bonchev–Trinajstić information content (AvgIpc) is 2.64. The molecule has 0 saturated carbocycles. The molecule has 1 aliphatic heterocycles. The lowest BCUT2D eigenvalue weighted by molar-refractivity contribution is -0.177. The van der Waals surface area contributed by atoms with Crippen molar-refractivity contribution in [2.75, 3.05) is 5.73 Å². The molecule has 1 fully saturated rings. The maximum absolute atomic E-state index is 12.6. The van der Waals surface area contributed by atoms with Crippen molar-refractivity contribution in [2.45, 2.75) is 31.7 Å². The van der Waals surface area contributed by atoms with Gasteiger partial charge in [0.25, 0.3) is 0 Å². The third-order valence-electron chi connectivity index (χ3n) is 4.61. The molecule has 0 aliphatic carbocycles. The molecule has 1 saturated heterocycles. The Morgan fingerprint density at radius 3 is 2.70 bits per heavy atom. The largest absolute Gasteiger partial charge is 0.480 e. The van der Waals surface area contributed by atoms with E-state index in [1.807, 2.05) is 0 Å². The summed E-state index contributed by atoms with van der Waals surface area (Å²) in [6, 6.07) is 2.07. The number of nitrogens with two attached hydrogens (primary N) is 1. The Labute approximate surface area is 155 Å². The van der Waals surface area contributed by atoms with E-state index in [1.54, 1.807) is 25.3 Å². The van der Waals surface area contributed by atoms with E-state index in [1.165, 1.54) is 18.6 Å². The predicted molar refractivity (Wildman–Crippen MR) is 94.2 cm³/mol. The second-order valence-electron chi connectivity index (χ2n) is 6.52. The highest BCUT2D eigenvalue weighted by atomic mass is 16.4. The van der Waals surface area contributed by atoms with Crippen LogP contribution in [0.3, 0.4) is 0 Å². The van der Waals surface area contributed by atoms with Gasteiger partial charge >= 0.3 is 5.97 Å². The molecule has 2 amide bonds. The van der Waals surface area contributed by atoms with Gasteiger partial charge in [0, 0.05) is 37.1 Å². The number of amides is 2. The van der Waals surface area contributed by atoms with Crippen molar-refractivity contribution in [2.24, 2.45) is 5.92 Å². The summed E-state index contributed by atoms with van der Waals surface area (Å²) >= 11 is 0. The van der Waals surface area contributed by atoms with Gasteiger partial charge < -0.3 is 10.8 Å². The van der Waals surface area contributed by atoms with Gasteiger partial charge in [-0.3, -0.25) is 24.5 Å². The lowest BCUT2D eigenvalue weighted by Crippen LogP contribution is -2.66. The van der Waals surface area contributed by atoms with Gasteiger partial charge in [-0.15, -0.1) is 0 Å². The van der Waals surface area contributed by atoms with Crippen molar-refractivity contribution >= 4 is 23.6 Å². The molecule has 0 aromatic carbocycles.